The van der Waals surface area contributed by atoms with E-state index >= 15 is 0 Å². The lowest BCUT2D eigenvalue weighted by Crippen LogP contribution is -2.18. The average Bonchev–Trinajstić information content (AvgIpc) is 3.05. The maximum atomic E-state index is 12.5. The van der Waals surface area contributed by atoms with Crippen molar-refractivity contribution in [3.63, 3.8) is 0 Å². The summed E-state index contributed by atoms with van der Waals surface area (Å²) in [6.45, 7) is 4.66. The second-order valence-corrected chi connectivity index (χ2v) is 9.08. The van der Waals surface area contributed by atoms with E-state index in [0.717, 1.165) is 10.8 Å². The molecule has 0 radical (unpaired) electrons. The number of esters is 4. The van der Waals surface area contributed by atoms with Crippen LogP contribution < -0.4 is 0 Å². The predicted octanol–water partition coefficient (Wildman–Crippen LogP) is 4.72. The van der Waals surface area contributed by atoms with E-state index in [1.54, 1.807) is 79.7 Å². The number of rotatable bonds is 11. The zero-order chi connectivity index (χ0) is 31.4. The van der Waals surface area contributed by atoms with E-state index in [-0.39, 0.29) is 33.0 Å². The number of benzene rings is 4. The SMILES string of the molecule is CC.CC(CO)OC(=O)c1ccc2cc(C(=O)OCCOC(=O)c3ccc4cc(C(=O)OCCO)ccc4c3)ccc2c1. The van der Waals surface area contributed by atoms with Gasteiger partial charge in [0.25, 0.3) is 0 Å². The van der Waals surface area contributed by atoms with Crippen molar-refractivity contribution in [1.82, 2.24) is 0 Å². The fourth-order valence-electron chi connectivity index (χ4n) is 3.94. The molecule has 4 aromatic carbocycles. The molecule has 0 aliphatic carbocycles. The molecule has 0 aromatic heterocycles. The van der Waals surface area contributed by atoms with Gasteiger partial charge in [-0.25, -0.2) is 19.2 Å². The molecule has 10 heteroatoms. The largest absolute Gasteiger partial charge is 0.460 e. The molecule has 1 unspecified atom stereocenters. The summed E-state index contributed by atoms with van der Waals surface area (Å²) in [6.07, 6.45) is -0.617. The molecule has 0 bridgehead atoms. The van der Waals surface area contributed by atoms with E-state index in [9.17, 15) is 19.2 Å². The second-order valence-electron chi connectivity index (χ2n) is 9.08. The van der Waals surface area contributed by atoms with Crippen LogP contribution >= 0.6 is 0 Å². The molecule has 0 aliphatic heterocycles. The number of aliphatic hydroxyl groups is 2. The first-order valence-corrected chi connectivity index (χ1v) is 13.8. The van der Waals surface area contributed by atoms with Crippen LogP contribution in [0.25, 0.3) is 21.5 Å². The normalized spacial score (nSPS) is 11.2. The van der Waals surface area contributed by atoms with Crippen molar-refractivity contribution in [2.24, 2.45) is 0 Å². The van der Waals surface area contributed by atoms with Crippen LogP contribution in [0.3, 0.4) is 0 Å². The Hall–Kier alpha value is -4.80. The number of hydrogen-bond donors (Lipinski definition) is 2. The molecule has 0 saturated heterocycles. The molecular weight excluding hydrogens is 556 g/mol. The molecule has 4 aromatic rings. The summed E-state index contributed by atoms with van der Waals surface area (Å²) < 4.78 is 20.5. The molecule has 0 heterocycles. The lowest BCUT2D eigenvalue weighted by Gasteiger charge is -2.11. The highest BCUT2D eigenvalue weighted by atomic mass is 16.6. The van der Waals surface area contributed by atoms with Crippen molar-refractivity contribution in [3.8, 4) is 0 Å². The number of hydrogen-bond acceptors (Lipinski definition) is 10. The van der Waals surface area contributed by atoms with Gasteiger partial charge in [0.1, 0.15) is 25.9 Å². The molecule has 226 valence electrons. The molecule has 0 saturated carbocycles. The third kappa shape index (κ3) is 8.84. The summed E-state index contributed by atoms with van der Waals surface area (Å²) >= 11 is 0. The van der Waals surface area contributed by atoms with Crippen LogP contribution in [0.1, 0.15) is 62.2 Å². The zero-order valence-electron chi connectivity index (χ0n) is 24.2. The number of aliphatic hydroxyl groups excluding tert-OH is 2. The van der Waals surface area contributed by atoms with Gasteiger partial charge >= 0.3 is 23.9 Å². The highest BCUT2D eigenvalue weighted by molar-refractivity contribution is 6.00. The van der Waals surface area contributed by atoms with Crippen molar-refractivity contribution < 1.29 is 48.3 Å². The Labute approximate surface area is 248 Å². The fraction of sp³-hybridized carbons (Fsp3) is 0.273. The summed E-state index contributed by atoms with van der Waals surface area (Å²) in [5, 5.41) is 20.7. The van der Waals surface area contributed by atoms with Gasteiger partial charge in [-0.15, -0.1) is 0 Å². The number of fused-ring (bicyclic) bond motifs is 2. The van der Waals surface area contributed by atoms with Crippen molar-refractivity contribution >= 4 is 45.4 Å². The molecule has 1 atom stereocenters. The number of carbonyl (C=O) groups is 4. The highest BCUT2D eigenvalue weighted by Gasteiger charge is 2.15. The molecule has 0 amide bonds. The topological polar surface area (TPSA) is 146 Å². The van der Waals surface area contributed by atoms with Crippen LogP contribution in [0.15, 0.2) is 72.8 Å². The van der Waals surface area contributed by atoms with Gasteiger partial charge in [-0.1, -0.05) is 38.1 Å². The van der Waals surface area contributed by atoms with Crippen molar-refractivity contribution in [2.45, 2.75) is 26.9 Å². The summed E-state index contributed by atoms with van der Waals surface area (Å²) in [5.74, 6) is -2.30. The minimum atomic E-state index is -0.617. The Bertz CT molecular complexity index is 1590. The van der Waals surface area contributed by atoms with Crippen LogP contribution in [0.5, 0.6) is 0 Å². The van der Waals surface area contributed by atoms with Gasteiger partial charge in [0, 0.05) is 0 Å². The first-order valence-electron chi connectivity index (χ1n) is 13.8. The highest BCUT2D eigenvalue weighted by Crippen LogP contribution is 2.21. The third-order valence-corrected chi connectivity index (χ3v) is 6.06. The molecule has 0 fully saturated rings. The smallest absolute Gasteiger partial charge is 0.338 e. The van der Waals surface area contributed by atoms with E-state index in [1.165, 1.54) is 0 Å². The molecule has 0 aliphatic rings. The van der Waals surface area contributed by atoms with Gasteiger partial charge in [0.2, 0.25) is 0 Å². The average molecular weight is 591 g/mol. The van der Waals surface area contributed by atoms with E-state index in [4.69, 9.17) is 29.2 Å². The van der Waals surface area contributed by atoms with Crippen molar-refractivity contribution in [2.75, 3.05) is 33.0 Å². The lowest BCUT2D eigenvalue weighted by atomic mass is 10.0. The van der Waals surface area contributed by atoms with Gasteiger partial charge in [0.15, 0.2) is 0 Å². The maximum Gasteiger partial charge on any atom is 0.338 e. The second kappa shape index (κ2) is 16.0. The first kappa shape index (κ1) is 32.7. The van der Waals surface area contributed by atoms with E-state index in [0.29, 0.717) is 33.0 Å². The summed E-state index contributed by atoms with van der Waals surface area (Å²) in [5.41, 5.74) is 1.24. The Morgan fingerprint density at radius 1 is 0.558 bits per heavy atom. The Morgan fingerprint density at radius 3 is 1.21 bits per heavy atom. The van der Waals surface area contributed by atoms with Gasteiger partial charge in [0.05, 0.1) is 35.5 Å². The third-order valence-electron chi connectivity index (χ3n) is 6.06. The summed E-state index contributed by atoms with van der Waals surface area (Å²) in [7, 11) is 0. The zero-order valence-corrected chi connectivity index (χ0v) is 24.2. The predicted molar refractivity (Wildman–Crippen MR) is 159 cm³/mol. The Morgan fingerprint density at radius 2 is 0.884 bits per heavy atom. The number of carbonyl (C=O) groups excluding carboxylic acids is 4. The minimum absolute atomic E-state index is 0.0912. The number of ether oxygens (including phenoxy) is 4. The monoisotopic (exact) mass is 590 g/mol. The van der Waals surface area contributed by atoms with E-state index < -0.39 is 30.0 Å². The summed E-state index contributed by atoms with van der Waals surface area (Å²) in [4.78, 5) is 49.1. The Balaban J connectivity index is 0.00000248. The van der Waals surface area contributed by atoms with Gasteiger partial charge in [-0.2, -0.15) is 0 Å². The molecule has 2 N–H and O–H groups in total. The van der Waals surface area contributed by atoms with E-state index in [2.05, 4.69) is 0 Å². The Kier molecular flexibility index (Phi) is 12.2. The quantitative estimate of drug-likeness (QED) is 0.143. The van der Waals surface area contributed by atoms with Crippen LogP contribution in [-0.2, 0) is 18.9 Å². The van der Waals surface area contributed by atoms with Crippen molar-refractivity contribution in [3.05, 3.63) is 95.1 Å². The lowest BCUT2D eigenvalue weighted by molar-refractivity contribution is 0.0196. The molecule has 0 spiro atoms. The maximum absolute atomic E-state index is 12.5. The standard InChI is InChI=1S/C31H28O10.C2H6/c1-19(18-33)41-31(37)27-9-5-22-16-26(8-4-23(22)17-27)30(36)40-13-12-39-29(35)25-7-3-20-14-24(6-2-21(20)15-25)28(34)38-11-10-32;1-2/h2-9,14-17,19,32-33H,10-13,18H2,1H3;1-2H3. The van der Waals surface area contributed by atoms with Crippen LogP contribution in [-0.4, -0.2) is 73.2 Å². The van der Waals surface area contributed by atoms with Crippen LogP contribution in [0.2, 0.25) is 0 Å². The first-order chi connectivity index (χ1) is 20.8. The molecule has 43 heavy (non-hydrogen) atoms. The van der Waals surface area contributed by atoms with Crippen LogP contribution in [0, 0.1) is 0 Å². The van der Waals surface area contributed by atoms with Gasteiger partial charge in [-0.3, -0.25) is 0 Å². The van der Waals surface area contributed by atoms with Crippen molar-refractivity contribution in [1.29, 1.82) is 0 Å². The van der Waals surface area contributed by atoms with E-state index in [1.807, 2.05) is 13.8 Å². The fourth-order valence-corrected chi connectivity index (χ4v) is 3.94. The summed E-state index contributed by atoms with van der Waals surface area (Å²) in [6, 6.07) is 19.5. The van der Waals surface area contributed by atoms with Gasteiger partial charge in [-0.05, 0) is 77.0 Å². The molecular formula is C33H34O10. The molecule has 10 nitrogen and oxygen atoms in total. The van der Waals surface area contributed by atoms with Gasteiger partial charge < -0.3 is 29.2 Å². The van der Waals surface area contributed by atoms with Crippen LogP contribution in [0.4, 0.5) is 0 Å². The minimum Gasteiger partial charge on any atom is -0.460 e. The molecule has 4 rings (SSSR count).